The van der Waals surface area contributed by atoms with Gasteiger partial charge < -0.3 is 10.0 Å². The van der Waals surface area contributed by atoms with Gasteiger partial charge in [-0.2, -0.15) is 20.5 Å². The molecule has 2 aromatic heterocycles. The third kappa shape index (κ3) is 2.91. The first-order chi connectivity index (χ1) is 12.2. The molecule has 128 valence electrons. The molecule has 3 aromatic rings. The number of H-pyrrole nitrogens is 1. The zero-order valence-corrected chi connectivity index (χ0v) is 13.5. The van der Waals surface area contributed by atoms with E-state index in [1.807, 2.05) is 30.3 Å². The van der Waals surface area contributed by atoms with Crippen LogP contribution in [0.4, 0.5) is 0 Å². The van der Waals surface area contributed by atoms with Crippen molar-refractivity contribution >= 4 is 5.91 Å². The second-order valence-corrected chi connectivity index (χ2v) is 6.20. The number of β-amino-alcohol motifs (C(OH)–C–C–N with tert-alkyl or cyclic N) is 1. The number of hydrogen-bond donors (Lipinski definition) is 2. The van der Waals surface area contributed by atoms with Crippen LogP contribution < -0.4 is 0 Å². The minimum absolute atomic E-state index is 0.177. The number of rotatable bonds is 3. The van der Waals surface area contributed by atoms with Gasteiger partial charge in [0.25, 0.3) is 5.91 Å². The molecule has 1 amide bonds. The average Bonchev–Trinajstić information content (AvgIpc) is 3.34. The number of piperidine rings is 1. The van der Waals surface area contributed by atoms with Crippen molar-refractivity contribution in [2.24, 2.45) is 0 Å². The van der Waals surface area contributed by atoms with Crippen LogP contribution in [0.1, 0.15) is 29.0 Å². The van der Waals surface area contributed by atoms with Gasteiger partial charge in [-0.3, -0.25) is 4.79 Å². The van der Waals surface area contributed by atoms with Crippen LogP contribution in [0.15, 0.2) is 48.8 Å². The molecule has 3 heterocycles. The lowest BCUT2D eigenvalue weighted by molar-refractivity contribution is -0.0322. The topological polar surface area (TPSA) is 99.9 Å². The largest absolute Gasteiger partial charge is 0.382 e. The number of benzene rings is 1. The van der Waals surface area contributed by atoms with Crippen molar-refractivity contribution in [1.29, 1.82) is 0 Å². The quantitative estimate of drug-likeness (QED) is 0.745. The van der Waals surface area contributed by atoms with E-state index in [0.29, 0.717) is 30.8 Å². The zero-order valence-electron chi connectivity index (χ0n) is 13.5. The molecule has 0 radical (unpaired) electrons. The third-order valence-corrected chi connectivity index (χ3v) is 4.48. The first-order valence-corrected chi connectivity index (χ1v) is 8.15. The molecule has 1 saturated heterocycles. The Morgan fingerprint density at radius 3 is 2.84 bits per heavy atom. The molecule has 1 aromatic carbocycles. The SMILES string of the molecule is O=C(c1ccn(-c2ccccc2)n1)N1CCC[C@@](O)(c2cn[nH]n2)C1. The predicted molar refractivity (Wildman–Crippen MR) is 89.0 cm³/mol. The predicted octanol–water partition coefficient (Wildman–Crippen LogP) is 1.11. The lowest BCUT2D eigenvalue weighted by atomic mass is 9.90. The van der Waals surface area contributed by atoms with Gasteiger partial charge in [-0.25, -0.2) is 4.68 Å². The van der Waals surface area contributed by atoms with E-state index in [9.17, 15) is 9.90 Å². The van der Waals surface area contributed by atoms with Gasteiger partial charge in [0, 0.05) is 12.7 Å². The van der Waals surface area contributed by atoms with E-state index in [2.05, 4.69) is 20.5 Å². The highest BCUT2D eigenvalue weighted by molar-refractivity contribution is 5.92. The van der Waals surface area contributed by atoms with Gasteiger partial charge in [-0.15, -0.1) is 0 Å². The summed E-state index contributed by atoms with van der Waals surface area (Å²) >= 11 is 0. The maximum Gasteiger partial charge on any atom is 0.274 e. The van der Waals surface area contributed by atoms with Gasteiger partial charge in [-0.05, 0) is 31.0 Å². The second-order valence-electron chi connectivity index (χ2n) is 6.20. The normalized spacial score (nSPS) is 20.6. The van der Waals surface area contributed by atoms with Crippen molar-refractivity contribution in [3.63, 3.8) is 0 Å². The molecule has 2 N–H and O–H groups in total. The minimum Gasteiger partial charge on any atom is -0.382 e. The van der Waals surface area contributed by atoms with Crippen LogP contribution in [0.5, 0.6) is 0 Å². The molecule has 0 spiro atoms. The smallest absolute Gasteiger partial charge is 0.274 e. The molecular formula is C17H18N6O2. The highest BCUT2D eigenvalue weighted by atomic mass is 16.3. The first kappa shape index (κ1) is 15.5. The highest BCUT2D eigenvalue weighted by Crippen LogP contribution is 2.30. The van der Waals surface area contributed by atoms with Crippen molar-refractivity contribution < 1.29 is 9.90 Å². The number of aromatic nitrogens is 5. The molecule has 1 fully saturated rings. The molecule has 25 heavy (non-hydrogen) atoms. The van der Waals surface area contributed by atoms with Crippen molar-refractivity contribution in [3.8, 4) is 5.69 Å². The number of hydrogen-bond acceptors (Lipinski definition) is 5. The molecule has 8 nitrogen and oxygen atoms in total. The van der Waals surface area contributed by atoms with Gasteiger partial charge in [0.05, 0.1) is 18.4 Å². The van der Waals surface area contributed by atoms with Crippen LogP contribution in [0, 0.1) is 0 Å². The fourth-order valence-electron chi connectivity index (χ4n) is 3.17. The molecule has 0 aliphatic carbocycles. The molecule has 0 bridgehead atoms. The van der Waals surface area contributed by atoms with Gasteiger partial charge >= 0.3 is 0 Å². The van der Waals surface area contributed by atoms with Crippen molar-refractivity contribution in [1.82, 2.24) is 30.1 Å². The molecule has 4 rings (SSSR count). The summed E-state index contributed by atoms with van der Waals surface area (Å²) in [6, 6.07) is 11.3. The van der Waals surface area contributed by atoms with E-state index in [0.717, 1.165) is 5.69 Å². The van der Waals surface area contributed by atoms with E-state index in [1.165, 1.54) is 6.20 Å². The molecule has 8 heteroatoms. The lowest BCUT2D eigenvalue weighted by Crippen LogP contribution is -2.48. The zero-order chi connectivity index (χ0) is 17.3. The van der Waals surface area contributed by atoms with Gasteiger partial charge in [-0.1, -0.05) is 18.2 Å². The molecule has 1 aliphatic heterocycles. The van der Waals surface area contributed by atoms with Crippen LogP contribution >= 0.6 is 0 Å². The third-order valence-electron chi connectivity index (χ3n) is 4.48. The van der Waals surface area contributed by atoms with Crippen LogP contribution in [0.2, 0.25) is 0 Å². The summed E-state index contributed by atoms with van der Waals surface area (Å²) in [4.78, 5) is 14.4. The van der Waals surface area contributed by atoms with E-state index in [1.54, 1.807) is 21.8 Å². The number of nitrogens with zero attached hydrogens (tertiary/aromatic N) is 5. The molecular weight excluding hydrogens is 320 g/mol. The Kier molecular flexibility index (Phi) is 3.81. The Bertz CT molecular complexity index is 860. The fourth-order valence-corrected chi connectivity index (χ4v) is 3.17. The number of nitrogens with one attached hydrogen (secondary N) is 1. The monoisotopic (exact) mass is 338 g/mol. The molecule has 1 aliphatic rings. The summed E-state index contributed by atoms with van der Waals surface area (Å²) in [5.74, 6) is -0.198. The summed E-state index contributed by atoms with van der Waals surface area (Å²) in [5, 5.41) is 25.5. The number of carbonyl (C=O) groups excluding carboxylic acids is 1. The molecule has 1 atom stereocenters. The van der Waals surface area contributed by atoms with Crippen LogP contribution in [-0.2, 0) is 5.60 Å². The lowest BCUT2D eigenvalue weighted by Gasteiger charge is -2.37. The Balaban J connectivity index is 1.54. The van der Waals surface area contributed by atoms with E-state index in [4.69, 9.17) is 0 Å². The van der Waals surface area contributed by atoms with Crippen LogP contribution in [-0.4, -0.2) is 54.2 Å². The maximum absolute atomic E-state index is 12.8. The Hall–Kier alpha value is -3.00. The van der Waals surface area contributed by atoms with Crippen LogP contribution in [0.25, 0.3) is 5.69 Å². The van der Waals surface area contributed by atoms with Gasteiger partial charge in [0.15, 0.2) is 5.69 Å². The van der Waals surface area contributed by atoms with Crippen LogP contribution in [0.3, 0.4) is 0 Å². The van der Waals surface area contributed by atoms with Crippen molar-refractivity contribution in [2.45, 2.75) is 18.4 Å². The Labute approximate surface area is 144 Å². The maximum atomic E-state index is 12.8. The number of aromatic amines is 1. The average molecular weight is 338 g/mol. The summed E-state index contributed by atoms with van der Waals surface area (Å²) in [7, 11) is 0. The summed E-state index contributed by atoms with van der Waals surface area (Å²) in [5.41, 5.74) is 0.524. The first-order valence-electron chi connectivity index (χ1n) is 8.15. The van der Waals surface area contributed by atoms with Gasteiger partial charge in [0.2, 0.25) is 0 Å². The molecule has 0 unspecified atom stereocenters. The fraction of sp³-hybridized carbons (Fsp3) is 0.294. The Morgan fingerprint density at radius 2 is 2.08 bits per heavy atom. The summed E-state index contributed by atoms with van der Waals surface area (Å²) in [6.07, 6.45) is 4.49. The van der Waals surface area contributed by atoms with E-state index in [-0.39, 0.29) is 12.5 Å². The number of para-hydroxylation sites is 1. The van der Waals surface area contributed by atoms with Crippen molar-refractivity contribution in [2.75, 3.05) is 13.1 Å². The van der Waals surface area contributed by atoms with Crippen molar-refractivity contribution in [3.05, 3.63) is 60.2 Å². The number of aliphatic hydroxyl groups is 1. The van der Waals surface area contributed by atoms with E-state index >= 15 is 0 Å². The van der Waals surface area contributed by atoms with Gasteiger partial charge in [0.1, 0.15) is 11.3 Å². The number of amides is 1. The van der Waals surface area contributed by atoms with E-state index < -0.39 is 5.60 Å². The number of carbonyl (C=O) groups is 1. The minimum atomic E-state index is -1.18. The second kappa shape index (κ2) is 6.14. The summed E-state index contributed by atoms with van der Waals surface area (Å²) in [6.45, 7) is 0.758. The molecule has 0 saturated carbocycles. The summed E-state index contributed by atoms with van der Waals surface area (Å²) < 4.78 is 1.67. The Morgan fingerprint density at radius 1 is 1.24 bits per heavy atom. The number of likely N-dealkylation sites (tertiary alicyclic amines) is 1. The highest BCUT2D eigenvalue weighted by Gasteiger charge is 2.39. The standard InChI is InChI=1S/C17H18N6O2/c24-16(14-7-10-23(20-14)13-5-2-1-3-6-13)22-9-4-8-17(25,12-22)15-11-18-21-19-15/h1-3,5-7,10-11,25H,4,8-9,12H2,(H,18,19,21)/t17-/m0/s1.